The van der Waals surface area contributed by atoms with Gasteiger partial charge in [0.05, 0.1) is 15.7 Å². The highest BCUT2D eigenvalue weighted by Gasteiger charge is 2.68. The van der Waals surface area contributed by atoms with E-state index in [1.807, 2.05) is 24.3 Å². The van der Waals surface area contributed by atoms with Crippen molar-refractivity contribution in [2.75, 3.05) is 6.54 Å². The van der Waals surface area contributed by atoms with Crippen LogP contribution in [0.1, 0.15) is 24.0 Å². The van der Waals surface area contributed by atoms with Crippen LogP contribution >= 0.6 is 0 Å². The van der Waals surface area contributed by atoms with Gasteiger partial charge in [0.2, 0.25) is 0 Å². The fraction of sp³-hybridized carbons (Fsp3) is 0.333. The number of aryl methyl sites for hydroxylation is 1. The molecule has 5 heteroatoms. The number of benzene rings is 2. The Labute approximate surface area is 137 Å². The monoisotopic (exact) mass is 330 g/mol. The van der Waals surface area contributed by atoms with E-state index in [4.69, 9.17) is 11.5 Å². The van der Waals surface area contributed by atoms with Gasteiger partial charge in [0.15, 0.2) is 9.84 Å². The summed E-state index contributed by atoms with van der Waals surface area (Å²) in [5, 5.41) is -0.671. The molecule has 0 spiro atoms. The zero-order valence-electron chi connectivity index (χ0n) is 13.1. The van der Waals surface area contributed by atoms with Crippen LogP contribution in [-0.4, -0.2) is 25.8 Å². The third-order valence-corrected chi connectivity index (χ3v) is 7.12. The van der Waals surface area contributed by atoms with Crippen molar-refractivity contribution in [3.63, 3.8) is 0 Å². The Balaban J connectivity index is 1.98. The van der Waals surface area contributed by atoms with Crippen molar-refractivity contribution in [3.05, 3.63) is 65.7 Å². The van der Waals surface area contributed by atoms with E-state index >= 15 is 0 Å². The smallest absolute Gasteiger partial charge is 0.183 e. The lowest BCUT2D eigenvalue weighted by Gasteiger charge is -2.09. The maximum absolute atomic E-state index is 12.9. The molecule has 1 fully saturated rings. The van der Waals surface area contributed by atoms with Gasteiger partial charge in [-0.15, -0.1) is 0 Å². The first-order valence-electron chi connectivity index (χ1n) is 7.82. The molecule has 4 N–H and O–H groups in total. The average molecular weight is 330 g/mol. The summed E-state index contributed by atoms with van der Waals surface area (Å²) in [5.74, 6) is -0.261. The van der Waals surface area contributed by atoms with Gasteiger partial charge in [-0.3, -0.25) is 0 Å². The molecule has 0 bridgehead atoms. The highest BCUT2D eigenvalue weighted by Crippen LogP contribution is 2.55. The lowest BCUT2D eigenvalue weighted by molar-refractivity contribution is 0.586. The van der Waals surface area contributed by atoms with Crippen LogP contribution in [-0.2, 0) is 16.3 Å². The van der Waals surface area contributed by atoms with Crippen LogP contribution in [0.15, 0.2) is 59.5 Å². The number of sulfone groups is 1. The second-order valence-electron chi connectivity index (χ2n) is 6.17. The normalized spacial score (nSPS) is 26.9. The van der Waals surface area contributed by atoms with Gasteiger partial charge in [-0.1, -0.05) is 49.4 Å². The molecular formula is C18H22N2O2S. The minimum atomic E-state index is -3.50. The predicted octanol–water partition coefficient (Wildman–Crippen LogP) is 1.84. The van der Waals surface area contributed by atoms with Crippen molar-refractivity contribution in [1.29, 1.82) is 0 Å². The molecule has 1 aliphatic carbocycles. The molecule has 3 atom stereocenters. The standard InChI is InChI=1S/C18H22N2O2S/c1-2-13-8-10-14(11-9-13)16-17(18(16,20)12-19)23(21,22)15-6-4-3-5-7-15/h3-11,16-17H,2,12,19-20H2,1H3. The summed E-state index contributed by atoms with van der Waals surface area (Å²) in [5.41, 5.74) is 13.4. The first-order chi connectivity index (χ1) is 10.9. The Morgan fingerprint density at radius 3 is 2.17 bits per heavy atom. The van der Waals surface area contributed by atoms with Crippen molar-refractivity contribution in [2.45, 2.75) is 34.9 Å². The van der Waals surface area contributed by atoms with Crippen molar-refractivity contribution in [1.82, 2.24) is 0 Å². The molecule has 0 amide bonds. The van der Waals surface area contributed by atoms with Crippen molar-refractivity contribution in [2.24, 2.45) is 11.5 Å². The zero-order chi connectivity index (χ0) is 16.7. The zero-order valence-corrected chi connectivity index (χ0v) is 14.0. The minimum Gasteiger partial charge on any atom is -0.329 e. The minimum absolute atomic E-state index is 0.143. The SMILES string of the molecule is CCc1ccc(C2C(S(=O)(=O)c3ccccc3)C2(N)CN)cc1. The summed E-state index contributed by atoms with van der Waals surface area (Å²) < 4.78 is 25.9. The van der Waals surface area contributed by atoms with Crippen LogP contribution in [0.4, 0.5) is 0 Å². The molecule has 4 nitrogen and oxygen atoms in total. The highest BCUT2D eigenvalue weighted by atomic mass is 32.2. The molecule has 1 aliphatic rings. The van der Waals surface area contributed by atoms with Crippen molar-refractivity contribution >= 4 is 9.84 Å². The van der Waals surface area contributed by atoms with E-state index in [1.165, 1.54) is 5.56 Å². The van der Waals surface area contributed by atoms with E-state index in [0.29, 0.717) is 4.90 Å². The summed E-state index contributed by atoms with van der Waals surface area (Å²) in [6, 6.07) is 16.5. The van der Waals surface area contributed by atoms with Gasteiger partial charge in [-0.05, 0) is 29.7 Å². The molecule has 2 aromatic rings. The molecule has 0 saturated heterocycles. The van der Waals surface area contributed by atoms with Gasteiger partial charge in [0.1, 0.15) is 0 Å². The molecule has 3 rings (SSSR count). The molecular weight excluding hydrogens is 308 g/mol. The van der Waals surface area contributed by atoms with E-state index in [0.717, 1.165) is 12.0 Å². The lowest BCUT2D eigenvalue weighted by Crippen LogP contribution is -2.39. The van der Waals surface area contributed by atoms with Crippen LogP contribution < -0.4 is 11.5 Å². The molecule has 0 aromatic heterocycles. The van der Waals surface area contributed by atoms with Gasteiger partial charge in [-0.2, -0.15) is 0 Å². The van der Waals surface area contributed by atoms with Gasteiger partial charge in [0, 0.05) is 12.5 Å². The predicted molar refractivity (Wildman–Crippen MR) is 91.9 cm³/mol. The average Bonchev–Trinajstić information content (AvgIpc) is 3.23. The Bertz CT molecular complexity index is 788. The number of rotatable bonds is 5. The fourth-order valence-electron chi connectivity index (χ4n) is 3.34. The van der Waals surface area contributed by atoms with Gasteiger partial charge in [-0.25, -0.2) is 8.42 Å². The van der Waals surface area contributed by atoms with Crippen molar-refractivity contribution < 1.29 is 8.42 Å². The lowest BCUT2D eigenvalue weighted by atomic mass is 10.0. The molecule has 122 valence electrons. The number of hydrogen-bond acceptors (Lipinski definition) is 4. The molecule has 0 aliphatic heterocycles. The third-order valence-electron chi connectivity index (χ3n) is 4.81. The van der Waals surface area contributed by atoms with E-state index < -0.39 is 20.6 Å². The molecule has 0 radical (unpaired) electrons. The van der Waals surface area contributed by atoms with Gasteiger partial charge >= 0.3 is 0 Å². The quantitative estimate of drug-likeness (QED) is 0.876. The molecule has 1 saturated carbocycles. The molecule has 2 aromatic carbocycles. The number of nitrogens with two attached hydrogens (primary N) is 2. The Morgan fingerprint density at radius 1 is 1.04 bits per heavy atom. The summed E-state index contributed by atoms with van der Waals surface area (Å²) in [6.07, 6.45) is 0.946. The molecule has 3 unspecified atom stereocenters. The van der Waals surface area contributed by atoms with Crippen LogP contribution in [0.3, 0.4) is 0 Å². The Morgan fingerprint density at radius 2 is 1.65 bits per heavy atom. The van der Waals surface area contributed by atoms with Crippen LogP contribution in [0.2, 0.25) is 0 Å². The summed E-state index contributed by atoms with van der Waals surface area (Å²) >= 11 is 0. The van der Waals surface area contributed by atoms with E-state index in [1.54, 1.807) is 30.3 Å². The van der Waals surface area contributed by atoms with Crippen molar-refractivity contribution in [3.8, 4) is 0 Å². The Kier molecular flexibility index (Phi) is 4.04. The maximum Gasteiger partial charge on any atom is 0.183 e. The third kappa shape index (κ3) is 2.59. The first-order valence-corrected chi connectivity index (χ1v) is 9.36. The Hall–Kier alpha value is -1.69. The summed E-state index contributed by atoms with van der Waals surface area (Å²) in [6.45, 7) is 2.23. The fourth-order valence-corrected chi connectivity index (χ4v) is 5.68. The molecule has 23 heavy (non-hydrogen) atoms. The topological polar surface area (TPSA) is 86.2 Å². The first kappa shape index (κ1) is 16.2. The van der Waals surface area contributed by atoms with E-state index in [9.17, 15) is 8.42 Å². The second-order valence-corrected chi connectivity index (χ2v) is 8.24. The van der Waals surface area contributed by atoms with Gasteiger partial charge < -0.3 is 11.5 Å². The largest absolute Gasteiger partial charge is 0.329 e. The second kappa shape index (κ2) is 5.74. The summed E-state index contributed by atoms with van der Waals surface area (Å²) in [7, 11) is -3.50. The van der Waals surface area contributed by atoms with Crippen LogP contribution in [0.5, 0.6) is 0 Å². The summed E-state index contributed by atoms with van der Waals surface area (Å²) in [4.78, 5) is 0.306. The molecule has 0 heterocycles. The maximum atomic E-state index is 12.9. The van der Waals surface area contributed by atoms with E-state index in [2.05, 4.69) is 6.92 Å². The van der Waals surface area contributed by atoms with E-state index in [-0.39, 0.29) is 12.5 Å². The number of hydrogen-bond donors (Lipinski definition) is 2. The van der Waals surface area contributed by atoms with Gasteiger partial charge in [0.25, 0.3) is 0 Å². The van der Waals surface area contributed by atoms with Crippen LogP contribution in [0.25, 0.3) is 0 Å². The van der Waals surface area contributed by atoms with Crippen LogP contribution in [0, 0.1) is 0 Å². The highest BCUT2D eigenvalue weighted by molar-refractivity contribution is 7.92.